The summed E-state index contributed by atoms with van der Waals surface area (Å²) >= 11 is 0. The smallest absolute Gasteiger partial charge is 0.472 e. The van der Waals surface area contributed by atoms with Gasteiger partial charge in [-0.25, -0.2) is 4.57 Å². The topological polar surface area (TPSA) is 172 Å². The zero-order chi connectivity index (χ0) is 28.7. The molecule has 0 aromatic rings. The number of nitrogens with two attached hydrogens (primary N) is 1. The molecule has 3 atom stereocenters. The van der Waals surface area contributed by atoms with Crippen LogP contribution in [0.2, 0.25) is 0 Å². The van der Waals surface area contributed by atoms with Crippen molar-refractivity contribution < 1.29 is 47.5 Å². The second-order valence-corrected chi connectivity index (χ2v) is 9.28. The molecule has 0 fully saturated rings. The molecular formula is C26H40NO10P. The summed E-state index contributed by atoms with van der Waals surface area (Å²) in [6.45, 7) is 1.42. The van der Waals surface area contributed by atoms with Gasteiger partial charge in [-0.1, -0.05) is 67.7 Å². The van der Waals surface area contributed by atoms with Crippen LogP contribution in [-0.4, -0.2) is 59.9 Å². The molecule has 0 radical (unpaired) electrons. The maximum Gasteiger partial charge on any atom is 0.472 e. The minimum atomic E-state index is -4.69. The summed E-state index contributed by atoms with van der Waals surface area (Å²) < 4.78 is 31.0. The molecule has 0 aliphatic heterocycles. The van der Waals surface area contributed by atoms with Gasteiger partial charge in [0.05, 0.1) is 19.6 Å². The van der Waals surface area contributed by atoms with Crippen LogP contribution < -0.4 is 5.73 Å². The van der Waals surface area contributed by atoms with Crippen LogP contribution in [-0.2, 0) is 37.5 Å². The highest BCUT2D eigenvalue weighted by Crippen LogP contribution is 2.43. The van der Waals surface area contributed by atoms with E-state index >= 15 is 0 Å². The summed E-state index contributed by atoms with van der Waals surface area (Å²) in [6, 6.07) is -1.53. The molecule has 0 bridgehead atoms. The maximum atomic E-state index is 12.1. The first kappa shape index (κ1) is 35.2. The van der Waals surface area contributed by atoms with Gasteiger partial charge in [0.15, 0.2) is 6.10 Å². The van der Waals surface area contributed by atoms with Crippen molar-refractivity contribution in [3.8, 4) is 0 Å². The lowest BCUT2D eigenvalue weighted by Gasteiger charge is -2.19. The molecule has 0 amide bonds. The third-order valence-corrected chi connectivity index (χ3v) is 5.32. The van der Waals surface area contributed by atoms with Crippen molar-refractivity contribution in [3.05, 3.63) is 60.8 Å². The van der Waals surface area contributed by atoms with E-state index in [1.807, 2.05) is 12.2 Å². The fraction of sp³-hybridized carbons (Fsp3) is 0.500. The molecule has 214 valence electrons. The molecule has 38 heavy (non-hydrogen) atoms. The average Bonchev–Trinajstić information content (AvgIpc) is 2.86. The quantitative estimate of drug-likeness (QED) is 0.105. The Morgan fingerprint density at radius 1 is 0.816 bits per heavy atom. The van der Waals surface area contributed by atoms with Crippen LogP contribution in [0, 0.1) is 0 Å². The number of esters is 2. The van der Waals surface area contributed by atoms with Gasteiger partial charge in [0.1, 0.15) is 12.6 Å². The van der Waals surface area contributed by atoms with Crippen molar-refractivity contribution in [2.45, 2.75) is 64.5 Å². The Kier molecular flexibility index (Phi) is 20.5. The number of phosphoric ester groups is 1. The number of hydrogen-bond donors (Lipinski definition) is 3. The lowest BCUT2D eigenvalue weighted by molar-refractivity contribution is -0.159. The SMILES string of the molecule is CC/C=C\C/C=C\C/C=C\C/C=C\C/C=C\CC(=O)OC(COC(C)=O)COP(=O)(O)OCC(N)C(=O)O. The number of phosphoric acid groups is 1. The van der Waals surface area contributed by atoms with Crippen molar-refractivity contribution in [3.63, 3.8) is 0 Å². The zero-order valence-electron chi connectivity index (χ0n) is 22.0. The molecule has 12 heteroatoms. The van der Waals surface area contributed by atoms with Gasteiger partial charge >= 0.3 is 25.7 Å². The van der Waals surface area contributed by atoms with Crippen LogP contribution in [0.25, 0.3) is 0 Å². The Labute approximate surface area is 224 Å². The molecule has 0 aliphatic rings. The summed E-state index contributed by atoms with van der Waals surface area (Å²) in [7, 11) is -4.69. The predicted molar refractivity (Wildman–Crippen MR) is 143 cm³/mol. The van der Waals surface area contributed by atoms with Gasteiger partial charge in [0.2, 0.25) is 0 Å². The molecule has 4 N–H and O–H groups in total. The first-order valence-corrected chi connectivity index (χ1v) is 13.7. The molecule has 0 spiro atoms. The second-order valence-electron chi connectivity index (χ2n) is 7.83. The first-order chi connectivity index (χ1) is 18.1. The monoisotopic (exact) mass is 557 g/mol. The van der Waals surface area contributed by atoms with Gasteiger partial charge in [-0.05, 0) is 32.1 Å². The predicted octanol–water partition coefficient (Wildman–Crippen LogP) is 4.15. The van der Waals surface area contributed by atoms with Crippen LogP contribution in [0.15, 0.2) is 60.8 Å². The number of ether oxygens (including phenoxy) is 2. The van der Waals surface area contributed by atoms with E-state index < -0.39 is 57.7 Å². The van der Waals surface area contributed by atoms with Crippen molar-refractivity contribution >= 4 is 25.7 Å². The highest BCUT2D eigenvalue weighted by Gasteiger charge is 2.27. The number of allylic oxidation sites excluding steroid dienone is 9. The van der Waals surface area contributed by atoms with Crippen molar-refractivity contribution in [2.24, 2.45) is 5.73 Å². The van der Waals surface area contributed by atoms with Crippen LogP contribution in [0.5, 0.6) is 0 Å². The number of aliphatic carboxylic acids is 1. The van der Waals surface area contributed by atoms with E-state index in [-0.39, 0.29) is 6.42 Å². The molecule has 0 aromatic carbocycles. The van der Waals surface area contributed by atoms with Gasteiger partial charge in [0, 0.05) is 6.92 Å². The van der Waals surface area contributed by atoms with Gasteiger partial charge in [-0.15, -0.1) is 0 Å². The van der Waals surface area contributed by atoms with E-state index in [0.29, 0.717) is 6.42 Å². The molecule has 11 nitrogen and oxygen atoms in total. The number of carbonyl (C=O) groups excluding carboxylic acids is 2. The summed E-state index contributed by atoms with van der Waals surface area (Å²) in [5, 5.41) is 8.68. The lowest BCUT2D eigenvalue weighted by Crippen LogP contribution is -2.34. The summed E-state index contributed by atoms with van der Waals surface area (Å²) in [6.07, 6.45) is 23.1. The molecule has 3 unspecified atom stereocenters. The van der Waals surface area contributed by atoms with Gasteiger partial charge in [0.25, 0.3) is 0 Å². The van der Waals surface area contributed by atoms with E-state index in [9.17, 15) is 23.8 Å². The fourth-order valence-corrected chi connectivity index (χ4v) is 3.23. The Bertz CT molecular complexity index is 894. The van der Waals surface area contributed by atoms with Gasteiger partial charge in [-0.2, -0.15) is 0 Å². The molecule has 0 aromatic heterocycles. The average molecular weight is 558 g/mol. The fourth-order valence-electron chi connectivity index (χ4n) is 2.45. The van der Waals surface area contributed by atoms with Crippen LogP contribution in [0.1, 0.15) is 52.4 Å². The number of hydrogen-bond acceptors (Lipinski definition) is 9. The summed E-state index contributed by atoms with van der Waals surface area (Å²) in [5.74, 6) is -2.75. The number of carboxylic acids is 1. The highest BCUT2D eigenvalue weighted by atomic mass is 31.2. The molecule has 0 heterocycles. The molecule has 0 aliphatic carbocycles. The Morgan fingerprint density at radius 3 is 1.76 bits per heavy atom. The van der Waals surface area contributed by atoms with E-state index in [0.717, 1.165) is 32.6 Å². The summed E-state index contributed by atoms with van der Waals surface area (Å²) in [4.78, 5) is 43.5. The van der Waals surface area contributed by atoms with Crippen molar-refractivity contribution in [2.75, 3.05) is 19.8 Å². The van der Waals surface area contributed by atoms with E-state index in [1.54, 1.807) is 12.2 Å². The zero-order valence-corrected chi connectivity index (χ0v) is 22.9. The highest BCUT2D eigenvalue weighted by molar-refractivity contribution is 7.47. The number of carbonyl (C=O) groups is 3. The second kappa shape index (κ2) is 22.2. The minimum Gasteiger partial charge on any atom is -0.480 e. The van der Waals surface area contributed by atoms with Crippen LogP contribution >= 0.6 is 7.82 Å². The third kappa shape index (κ3) is 22.4. The molecular weight excluding hydrogens is 517 g/mol. The van der Waals surface area contributed by atoms with Crippen LogP contribution in [0.3, 0.4) is 0 Å². The van der Waals surface area contributed by atoms with Crippen LogP contribution in [0.4, 0.5) is 0 Å². The molecule has 0 rings (SSSR count). The Balaban J connectivity index is 4.39. The van der Waals surface area contributed by atoms with E-state index in [1.165, 1.54) is 0 Å². The Hall–Kier alpha value is -2.82. The van der Waals surface area contributed by atoms with Gasteiger partial charge < -0.3 is 25.2 Å². The van der Waals surface area contributed by atoms with Gasteiger partial charge in [-0.3, -0.25) is 23.4 Å². The maximum absolute atomic E-state index is 12.1. The number of carboxylic acid groups (broad SMARTS) is 1. The lowest BCUT2D eigenvalue weighted by atomic mass is 10.2. The third-order valence-electron chi connectivity index (χ3n) is 4.37. The normalized spacial score (nSPS) is 15.5. The molecule has 0 saturated carbocycles. The largest absolute Gasteiger partial charge is 0.480 e. The Morgan fingerprint density at radius 2 is 1.29 bits per heavy atom. The number of rotatable bonds is 21. The first-order valence-electron chi connectivity index (χ1n) is 12.3. The molecule has 0 saturated heterocycles. The van der Waals surface area contributed by atoms with Crippen molar-refractivity contribution in [1.82, 2.24) is 0 Å². The minimum absolute atomic E-state index is 0.0785. The van der Waals surface area contributed by atoms with E-state index in [4.69, 9.17) is 24.8 Å². The van der Waals surface area contributed by atoms with Crippen molar-refractivity contribution in [1.29, 1.82) is 0 Å². The standard InChI is InChI=1S/C26H40NO10P/c1-3-4-5-6-7-8-9-10-11-12-13-14-15-16-17-18-25(29)37-23(19-34-22(2)28)20-35-38(32,33)36-21-24(27)26(30)31/h4-5,7-8,10-11,13-14,16-17,23-24H,3,6,9,12,15,18-21,27H2,1-2H3,(H,30,31)(H,32,33)/b5-4-,8-7-,11-10-,14-13-,17-16-. The van der Waals surface area contributed by atoms with E-state index in [2.05, 4.69) is 47.9 Å². The summed E-state index contributed by atoms with van der Waals surface area (Å²) in [5.41, 5.74) is 5.20.